The lowest BCUT2D eigenvalue weighted by Crippen LogP contribution is -2.52. The van der Waals surface area contributed by atoms with Gasteiger partial charge in [-0.1, -0.05) is 58.6 Å². The topological polar surface area (TPSA) is 0 Å². The molecule has 0 unspecified atom stereocenters. The van der Waals surface area contributed by atoms with Crippen molar-refractivity contribution in [3.05, 3.63) is 11.1 Å². The number of fused-ring (bicyclic) bond motifs is 4. The van der Waals surface area contributed by atoms with Crippen molar-refractivity contribution < 1.29 is 0 Å². The zero-order valence-corrected chi connectivity index (χ0v) is 16.3. The van der Waals surface area contributed by atoms with E-state index in [1.165, 1.54) is 64.2 Å². The molecule has 23 heavy (non-hydrogen) atoms. The lowest BCUT2D eigenvalue weighted by atomic mass is 9.44. The Hall–Kier alpha value is -0.260. The van der Waals surface area contributed by atoms with Gasteiger partial charge in [-0.2, -0.15) is 0 Å². The molecule has 0 spiro atoms. The first-order valence-corrected chi connectivity index (χ1v) is 10.6. The second kappa shape index (κ2) is 5.12. The molecule has 0 bridgehead atoms. The van der Waals surface area contributed by atoms with Crippen LogP contribution in [0.3, 0.4) is 0 Å². The fraction of sp³-hybridized carbons (Fsp3) is 0.913. The average Bonchev–Trinajstić information content (AvgIpc) is 2.86. The maximum atomic E-state index is 2.70. The lowest BCUT2D eigenvalue weighted by molar-refractivity contribution is -0.0741. The summed E-state index contributed by atoms with van der Waals surface area (Å²) in [5, 5.41) is 0. The highest BCUT2D eigenvalue weighted by Gasteiger charge is 2.58. The molecule has 130 valence electrons. The van der Waals surface area contributed by atoms with Gasteiger partial charge < -0.3 is 0 Å². The summed E-state index contributed by atoms with van der Waals surface area (Å²) in [7, 11) is 0. The van der Waals surface area contributed by atoms with E-state index in [-0.39, 0.29) is 0 Å². The van der Waals surface area contributed by atoms with Crippen molar-refractivity contribution >= 4 is 0 Å². The normalized spacial score (nSPS) is 49.8. The van der Waals surface area contributed by atoms with Gasteiger partial charge >= 0.3 is 0 Å². The van der Waals surface area contributed by atoms with E-state index in [4.69, 9.17) is 0 Å². The number of hydrogen-bond donors (Lipinski definition) is 0. The second-order valence-electron chi connectivity index (χ2n) is 10.5. The van der Waals surface area contributed by atoms with Gasteiger partial charge in [0.2, 0.25) is 0 Å². The minimum Gasteiger partial charge on any atom is -0.0642 e. The molecule has 0 heteroatoms. The van der Waals surface area contributed by atoms with Crippen LogP contribution in [0.5, 0.6) is 0 Å². The van der Waals surface area contributed by atoms with E-state index < -0.39 is 0 Å². The minimum atomic E-state index is 0.508. The third-order valence-electron chi connectivity index (χ3n) is 9.62. The van der Waals surface area contributed by atoms with Crippen molar-refractivity contribution in [1.29, 1.82) is 0 Å². The van der Waals surface area contributed by atoms with Gasteiger partial charge in [0.15, 0.2) is 0 Å². The molecule has 2 saturated carbocycles. The minimum absolute atomic E-state index is 0.508. The summed E-state index contributed by atoms with van der Waals surface area (Å²) >= 11 is 0. The van der Waals surface area contributed by atoms with Crippen LogP contribution in [0.1, 0.15) is 98.8 Å². The van der Waals surface area contributed by atoms with Crippen molar-refractivity contribution in [3.8, 4) is 0 Å². The summed E-state index contributed by atoms with van der Waals surface area (Å²) in [6.07, 6.45) is 14.8. The highest BCUT2D eigenvalue weighted by Crippen LogP contribution is 2.69. The number of rotatable bonds is 1. The Labute approximate surface area is 144 Å². The van der Waals surface area contributed by atoms with Gasteiger partial charge in [-0.15, -0.1) is 0 Å². The third-order valence-corrected chi connectivity index (χ3v) is 9.62. The summed E-state index contributed by atoms with van der Waals surface area (Å²) < 4.78 is 0. The van der Waals surface area contributed by atoms with Crippen LogP contribution in [0.4, 0.5) is 0 Å². The van der Waals surface area contributed by atoms with Crippen LogP contribution in [-0.2, 0) is 0 Å². The van der Waals surface area contributed by atoms with Gasteiger partial charge in [-0.25, -0.2) is 0 Å². The van der Waals surface area contributed by atoms with E-state index in [9.17, 15) is 0 Å². The van der Waals surface area contributed by atoms with Gasteiger partial charge in [0.05, 0.1) is 0 Å². The van der Waals surface area contributed by atoms with E-state index in [1.807, 2.05) is 11.1 Å². The van der Waals surface area contributed by atoms with Crippen LogP contribution < -0.4 is 0 Å². The molecule has 0 aromatic carbocycles. The van der Waals surface area contributed by atoms with Crippen LogP contribution in [0.25, 0.3) is 0 Å². The van der Waals surface area contributed by atoms with E-state index in [2.05, 4.69) is 34.6 Å². The van der Waals surface area contributed by atoms with Gasteiger partial charge in [-0.3, -0.25) is 0 Å². The maximum absolute atomic E-state index is 2.70. The Kier molecular flexibility index (Phi) is 3.61. The van der Waals surface area contributed by atoms with Gasteiger partial charge in [0.25, 0.3) is 0 Å². The van der Waals surface area contributed by atoms with Crippen LogP contribution in [-0.4, -0.2) is 0 Å². The predicted molar refractivity (Wildman–Crippen MR) is 99.3 cm³/mol. The largest absolute Gasteiger partial charge is 0.0642 e. The quantitative estimate of drug-likeness (QED) is 0.451. The maximum Gasteiger partial charge on any atom is -0.00797 e. The molecule has 4 rings (SSSR count). The van der Waals surface area contributed by atoms with Crippen molar-refractivity contribution in [2.24, 2.45) is 34.0 Å². The molecule has 0 aromatic rings. The molecule has 0 nitrogen and oxygen atoms in total. The third kappa shape index (κ3) is 2.02. The Morgan fingerprint density at radius 1 is 0.826 bits per heavy atom. The Morgan fingerprint density at radius 2 is 1.61 bits per heavy atom. The fourth-order valence-corrected chi connectivity index (χ4v) is 7.77. The molecule has 4 aliphatic carbocycles. The Balaban J connectivity index is 1.75. The van der Waals surface area contributed by atoms with Crippen molar-refractivity contribution in [1.82, 2.24) is 0 Å². The second-order valence-corrected chi connectivity index (χ2v) is 10.5. The summed E-state index contributed by atoms with van der Waals surface area (Å²) in [5.74, 6) is 2.81. The van der Waals surface area contributed by atoms with Crippen LogP contribution >= 0.6 is 0 Å². The summed E-state index contributed by atoms with van der Waals surface area (Å²) in [5.41, 5.74) is 5.58. The van der Waals surface area contributed by atoms with E-state index >= 15 is 0 Å². The zero-order valence-electron chi connectivity index (χ0n) is 16.3. The van der Waals surface area contributed by atoms with Crippen molar-refractivity contribution in [3.63, 3.8) is 0 Å². The van der Waals surface area contributed by atoms with E-state index in [1.54, 1.807) is 0 Å². The van der Waals surface area contributed by atoms with Crippen LogP contribution in [0.2, 0.25) is 0 Å². The van der Waals surface area contributed by atoms with Crippen LogP contribution in [0.15, 0.2) is 11.1 Å². The zero-order chi connectivity index (χ0) is 16.5. The molecule has 0 amide bonds. The van der Waals surface area contributed by atoms with Gasteiger partial charge in [0, 0.05) is 0 Å². The molecular formula is C23H38. The molecule has 0 radical (unpaired) electrons. The summed E-state index contributed by atoms with van der Waals surface area (Å²) in [6, 6.07) is 0. The van der Waals surface area contributed by atoms with Crippen molar-refractivity contribution in [2.45, 2.75) is 98.8 Å². The van der Waals surface area contributed by atoms with E-state index in [0.29, 0.717) is 16.2 Å². The molecule has 0 aliphatic heterocycles. The molecule has 4 aliphatic rings. The lowest BCUT2D eigenvalue weighted by Gasteiger charge is -2.61. The monoisotopic (exact) mass is 314 g/mol. The molecule has 2 fully saturated rings. The number of hydrogen-bond acceptors (Lipinski definition) is 0. The summed E-state index contributed by atoms with van der Waals surface area (Å²) in [6.45, 7) is 12.9. The molecule has 0 N–H and O–H groups in total. The first-order chi connectivity index (χ1) is 10.8. The SMILES string of the molecule is CC(C)[C@]1(C)CCC2=C1CC[C@@H]1[C@@]3(C)CCCC[C@@H]3CC[C@@]21C. The molecular weight excluding hydrogens is 276 g/mol. The molecule has 5 atom stereocenters. The van der Waals surface area contributed by atoms with Gasteiger partial charge in [0.1, 0.15) is 0 Å². The smallest absolute Gasteiger partial charge is 0.00797 e. The summed E-state index contributed by atoms with van der Waals surface area (Å²) in [4.78, 5) is 0. The van der Waals surface area contributed by atoms with Crippen LogP contribution in [0, 0.1) is 34.0 Å². The highest BCUT2D eigenvalue weighted by molar-refractivity contribution is 5.37. The van der Waals surface area contributed by atoms with E-state index in [0.717, 1.165) is 17.8 Å². The van der Waals surface area contributed by atoms with Crippen molar-refractivity contribution in [2.75, 3.05) is 0 Å². The Morgan fingerprint density at radius 3 is 2.35 bits per heavy atom. The molecule has 0 heterocycles. The van der Waals surface area contributed by atoms with Gasteiger partial charge in [-0.05, 0) is 85.4 Å². The first kappa shape index (κ1) is 16.2. The highest BCUT2D eigenvalue weighted by atomic mass is 14.6. The Bertz CT molecular complexity index is 526. The standard InChI is InChI=1S/C23H38/c1-16(2)21(3)15-12-19-18(21)9-10-20-22(4)13-7-6-8-17(22)11-14-23(19,20)5/h16-17,20H,6-15H2,1-5H3/t17-,20-,21+,22+,23+/m1/s1. The molecule has 0 saturated heterocycles. The average molecular weight is 315 g/mol. The number of allylic oxidation sites excluding steroid dienone is 2. The predicted octanol–water partition coefficient (Wildman–Crippen LogP) is 7.15. The fourth-order valence-electron chi connectivity index (χ4n) is 7.77. The first-order valence-electron chi connectivity index (χ1n) is 10.6. The molecule has 0 aromatic heterocycles.